The van der Waals surface area contributed by atoms with E-state index in [9.17, 15) is 4.79 Å². The highest BCUT2D eigenvalue weighted by atomic mass is 16.5. The van der Waals surface area contributed by atoms with Gasteiger partial charge in [0.1, 0.15) is 5.75 Å². The van der Waals surface area contributed by atoms with Crippen molar-refractivity contribution in [3.63, 3.8) is 0 Å². The molecular weight excluding hydrogens is 326 g/mol. The summed E-state index contributed by atoms with van der Waals surface area (Å²) in [7, 11) is 1.70. The van der Waals surface area contributed by atoms with E-state index in [-0.39, 0.29) is 17.9 Å². The molecule has 1 aliphatic carbocycles. The molecule has 3 rings (SSSR count). The SMILES string of the molecule is CCC(CC)C(=O)N[C@H]1CCCc2c1cnn2Cc1ccccc1OC. The minimum Gasteiger partial charge on any atom is -0.496 e. The molecular formula is C21H29N3O2. The van der Waals surface area contributed by atoms with Gasteiger partial charge in [-0.2, -0.15) is 5.10 Å². The van der Waals surface area contributed by atoms with Crippen LogP contribution in [0.2, 0.25) is 0 Å². The second kappa shape index (κ2) is 8.39. The van der Waals surface area contributed by atoms with Gasteiger partial charge in [-0.05, 0) is 38.2 Å². The number of carbonyl (C=O) groups is 1. The summed E-state index contributed by atoms with van der Waals surface area (Å²) < 4.78 is 7.52. The van der Waals surface area contributed by atoms with Crippen LogP contribution in [0.5, 0.6) is 5.75 Å². The van der Waals surface area contributed by atoms with E-state index in [0.717, 1.165) is 43.4 Å². The summed E-state index contributed by atoms with van der Waals surface area (Å²) in [5.74, 6) is 1.15. The molecule has 1 amide bonds. The number of benzene rings is 1. The molecule has 0 unspecified atom stereocenters. The Hall–Kier alpha value is -2.30. The van der Waals surface area contributed by atoms with Gasteiger partial charge in [0, 0.05) is 22.7 Å². The topological polar surface area (TPSA) is 56.2 Å². The van der Waals surface area contributed by atoms with E-state index in [4.69, 9.17) is 4.74 Å². The third kappa shape index (κ3) is 3.76. The number of para-hydroxylation sites is 1. The first-order valence-electron chi connectivity index (χ1n) is 9.64. The molecule has 1 aromatic carbocycles. The number of amides is 1. The molecule has 0 bridgehead atoms. The molecule has 26 heavy (non-hydrogen) atoms. The number of hydrogen-bond acceptors (Lipinski definition) is 3. The molecule has 0 radical (unpaired) electrons. The van der Waals surface area contributed by atoms with Gasteiger partial charge >= 0.3 is 0 Å². The highest BCUT2D eigenvalue weighted by molar-refractivity contribution is 5.79. The van der Waals surface area contributed by atoms with Gasteiger partial charge in [0.15, 0.2) is 0 Å². The zero-order valence-corrected chi connectivity index (χ0v) is 16.0. The van der Waals surface area contributed by atoms with Crippen LogP contribution in [0.3, 0.4) is 0 Å². The number of carbonyl (C=O) groups excluding carboxylic acids is 1. The van der Waals surface area contributed by atoms with E-state index in [1.54, 1.807) is 7.11 Å². The highest BCUT2D eigenvalue weighted by Crippen LogP contribution is 2.31. The number of rotatable bonds is 7. The van der Waals surface area contributed by atoms with E-state index in [1.807, 2.05) is 24.4 Å². The number of fused-ring (bicyclic) bond motifs is 1. The molecule has 0 aliphatic heterocycles. The lowest BCUT2D eigenvalue weighted by atomic mass is 9.92. The van der Waals surface area contributed by atoms with Gasteiger partial charge < -0.3 is 10.1 Å². The molecule has 5 heteroatoms. The molecule has 0 saturated heterocycles. The number of ether oxygens (including phenoxy) is 1. The number of nitrogens with one attached hydrogen (secondary N) is 1. The van der Waals surface area contributed by atoms with Crippen LogP contribution in [-0.4, -0.2) is 22.8 Å². The summed E-state index contributed by atoms with van der Waals surface area (Å²) in [6.07, 6.45) is 6.76. The van der Waals surface area contributed by atoms with Gasteiger partial charge in [-0.1, -0.05) is 32.0 Å². The molecule has 1 atom stereocenters. The predicted octanol–water partition coefficient (Wildman–Crippen LogP) is 3.87. The number of nitrogens with zero attached hydrogens (tertiary/aromatic N) is 2. The molecule has 1 aliphatic rings. The zero-order valence-electron chi connectivity index (χ0n) is 16.0. The number of hydrogen-bond donors (Lipinski definition) is 1. The fraction of sp³-hybridized carbons (Fsp3) is 0.524. The van der Waals surface area contributed by atoms with Crippen molar-refractivity contribution in [3.05, 3.63) is 47.3 Å². The maximum Gasteiger partial charge on any atom is 0.223 e. The molecule has 5 nitrogen and oxygen atoms in total. The fourth-order valence-electron chi connectivity index (χ4n) is 3.85. The average molecular weight is 355 g/mol. The van der Waals surface area contributed by atoms with Crippen molar-refractivity contribution in [1.82, 2.24) is 15.1 Å². The first-order chi connectivity index (χ1) is 12.7. The van der Waals surface area contributed by atoms with Crippen molar-refractivity contribution < 1.29 is 9.53 Å². The van der Waals surface area contributed by atoms with E-state index >= 15 is 0 Å². The monoisotopic (exact) mass is 355 g/mol. The summed E-state index contributed by atoms with van der Waals surface area (Å²) in [5, 5.41) is 7.88. The molecule has 140 valence electrons. The second-order valence-electron chi connectivity index (χ2n) is 6.98. The van der Waals surface area contributed by atoms with Gasteiger partial charge in [-0.25, -0.2) is 0 Å². The van der Waals surface area contributed by atoms with Crippen molar-refractivity contribution >= 4 is 5.91 Å². The lowest BCUT2D eigenvalue weighted by Gasteiger charge is -2.26. The molecule has 1 N–H and O–H groups in total. The Bertz CT molecular complexity index is 749. The van der Waals surface area contributed by atoms with Crippen molar-refractivity contribution in [1.29, 1.82) is 0 Å². The van der Waals surface area contributed by atoms with Gasteiger partial charge in [0.05, 0.1) is 25.9 Å². The molecule has 0 fully saturated rings. The van der Waals surface area contributed by atoms with Crippen molar-refractivity contribution in [3.8, 4) is 5.75 Å². The Morgan fingerprint density at radius 1 is 1.35 bits per heavy atom. The molecule has 2 aromatic rings. The van der Waals surface area contributed by atoms with Gasteiger partial charge in [0.2, 0.25) is 5.91 Å². The van der Waals surface area contributed by atoms with Gasteiger partial charge in [0.25, 0.3) is 0 Å². The van der Waals surface area contributed by atoms with E-state index in [1.165, 1.54) is 11.3 Å². The first kappa shape index (κ1) is 18.5. The Labute approximate surface area is 155 Å². The van der Waals surface area contributed by atoms with Crippen LogP contribution in [0.1, 0.15) is 62.4 Å². The normalized spacial score (nSPS) is 16.4. The number of aromatic nitrogens is 2. The Morgan fingerprint density at radius 2 is 2.12 bits per heavy atom. The third-order valence-corrected chi connectivity index (χ3v) is 5.45. The minimum absolute atomic E-state index is 0.0817. The maximum atomic E-state index is 12.5. The van der Waals surface area contributed by atoms with E-state index in [2.05, 4.69) is 35.0 Å². The largest absolute Gasteiger partial charge is 0.496 e. The summed E-state index contributed by atoms with van der Waals surface area (Å²) in [6, 6.07) is 8.13. The average Bonchev–Trinajstić information content (AvgIpc) is 3.07. The van der Waals surface area contributed by atoms with Crippen molar-refractivity contribution in [2.45, 2.75) is 58.5 Å². The van der Waals surface area contributed by atoms with Crippen LogP contribution < -0.4 is 10.1 Å². The van der Waals surface area contributed by atoms with Crippen LogP contribution in [0.25, 0.3) is 0 Å². The summed E-state index contributed by atoms with van der Waals surface area (Å²) >= 11 is 0. The smallest absolute Gasteiger partial charge is 0.223 e. The van der Waals surface area contributed by atoms with Gasteiger partial charge in [-0.3, -0.25) is 9.48 Å². The lowest BCUT2D eigenvalue weighted by Crippen LogP contribution is -2.35. The molecule has 1 heterocycles. The van der Waals surface area contributed by atoms with Crippen LogP contribution in [-0.2, 0) is 17.8 Å². The molecule has 0 spiro atoms. The van der Waals surface area contributed by atoms with Crippen LogP contribution in [0.4, 0.5) is 0 Å². The van der Waals surface area contributed by atoms with Crippen LogP contribution in [0, 0.1) is 5.92 Å². The minimum atomic E-state index is 0.0817. The summed E-state index contributed by atoms with van der Waals surface area (Å²) in [5.41, 5.74) is 3.52. The Kier molecular flexibility index (Phi) is 5.96. The fourth-order valence-corrected chi connectivity index (χ4v) is 3.85. The van der Waals surface area contributed by atoms with E-state index in [0.29, 0.717) is 6.54 Å². The standard InChI is InChI=1S/C21H29N3O2/c1-4-15(5-2)21(25)23-18-10-8-11-19-17(18)13-22-24(19)14-16-9-6-7-12-20(16)26-3/h6-7,9,12-13,15,18H,4-5,8,10-11,14H2,1-3H3,(H,23,25)/t18-/m0/s1. The van der Waals surface area contributed by atoms with Crippen molar-refractivity contribution in [2.75, 3.05) is 7.11 Å². The number of methoxy groups -OCH3 is 1. The van der Waals surface area contributed by atoms with Crippen LogP contribution >= 0.6 is 0 Å². The van der Waals surface area contributed by atoms with Crippen molar-refractivity contribution in [2.24, 2.45) is 5.92 Å². The quantitative estimate of drug-likeness (QED) is 0.820. The molecule has 1 aromatic heterocycles. The maximum absolute atomic E-state index is 12.5. The lowest BCUT2D eigenvalue weighted by molar-refractivity contribution is -0.126. The van der Waals surface area contributed by atoms with Gasteiger partial charge in [-0.15, -0.1) is 0 Å². The molecule has 0 saturated carbocycles. The second-order valence-corrected chi connectivity index (χ2v) is 6.98. The Morgan fingerprint density at radius 3 is 2.85 bits per heavy atom. The predicted molar refractivity (Wildman–Crippen MR) is 102 cm³/mol. The summed E-state index contributed by atoms with van der Waals surface area (Å²) in [4.78, 5) is 12.5. The highest BCUT2D eigenvalue weighted by Gasteiger charge is 2.27. The summed E-state index contributed by atoms with van der Waals surface area (Å²) in [6.45, 7) is 4.84. The van der Waals surface area contributed by atoms with E-state index < -0.39 is 0 Å². The third-order valence-electron chi connectivity index (χ3n) is 5.45. The Balaban J connectivity index is 1.79. The van der Waals surface area contributed by atoms with Crippen LogP contribution in [0.15, 0.2) is 30.5 Å². The first-order valence-corrected chi connectivity index (χ1v) is 9.64. The zero-order chi connectivity index (χ0) is 18.5.